The first-order valence-electron chi connectivity index (χ1n) is 8.71. The second kappa shape index (κ2) is 8.05. The fraction of sp³-hybridized carbons (Fsp3) is 0.474. The number of amides is 1. The Morgan fingerprint density at radius 3 is 2.68 bits per heavy atom. The van der Waals surface area contributed by atoms with Gasteiger partial charge in [0.15, 0.2) is 17.2 Å². The average molecular weight is 344 g/mol. The predicted octanol–water partition coefficient (Wildman–Crippen LogP) is 3.63. The lowest BCUT2D eigenvalue weighted by Crippen LogP contribution is -2.36. The molecule has 0 atom stereocenters. The lowest BCUT2D eigenvalue weighted by atomic mass is 9.95. The van der Waals surface area contributed by atoms with Crippen molar-refractivity contribution in [3.63, 3.8) is 0 Å². The molecule has 1 N–H and O–H groups in total. The van der Waals surface area contributed by atoms with Gasteiger partial charge in [-0.1, -0.05) is 36.6 Å². The molecule has 6 nitrogen and oxygen atoms in total. The van der Waals surface area contributed by atoms with Crippen molar-refractivity contribution in [2.45, 2.75) is 51.7 Å². The van der Waals surface area contributed by atoms with Crippen LogP contribution in [0.25, 0.3) is 0 Å². The molecule has 1 aliphatic carbocycles. The molecule has 2 aromatic rings. The number of ether oxygens (including phenoxy) is 2. The molecule has 0 saturated heterocycles. The number of methoxy groups -OCH3 is 1. The van der Waals surface area contributed by atoms with Crippen molar-refractivity contribution in [1.82, 2.24) is 10.5 Å². The Kier molecular flexibility index (Phi) is 5.58. The molecule has 1 aromatic heterocycles. The highest BCUT2D eigenvalue weighted by Crippen LogP contribution is 2.27. The van der Waals surface area contributed by atoms with Crippen LogP contribution in [-0.2, 0) is 6.61 Å². The lowest BCUT2D eigenvalue weighted by molar-refractivity contribution is 0.0916. The van der Waals surface area contributed by atoms with Crippen LogP contribution in [0.4, 0.5) is 0 Å². The minimum atomic E-state index is -0.192. The normalized spacial score (nSPS) is 15.0. The van der Waals surface area contributed by atoms with Crippen LogP contribution in [0.1, 0.15) is 53.9 Å². The first kappa shape index (κ1) is 17.3. The first-order chi connectivity index (χ1) is 12.2. The molecule has 134 valence electrons. The van der Waals surface area contributed by atoms with E-state index in [9.17, 15) is 4.79 Å². The molecule has 1 heterocycles. The molecule has 3 rings (SSSR count). The fourth-order valence-corrected chi connectivity index (χ4v) is 3.13. The van der Waals surface area contributed by atoms with Gasteiger partial charge in [0, 0.05) is 6.04 Å². The smallest absolute Gasteiger partial charge is 0.274 e. The molecule has 0 radical (unpaired) electrons. The summed E-state index contributed by atoms with van der Waals surface area (Å²) in [5, 5.41) is 7.01. The Balaban J connectivity index is 1.69. The van der Waals surface area contributed by atoms with Gasteiger partial charge in [0.1, 0.15) is 12.4 Å². The maximum absolute atomic E-state index is 12.6. The van der Waals surface area contributed by atoms with Gasteiger partial charge in [0.25, 0.3) is 5.91 Å². The largest absolute Gasteiger partial charge is 0.493 e. The number of nitrogens with one attached hydrogen (secondary N) is 1. The number of aromatic nitrogens is 1. The predicted molar refractivity (Wildman–Crippen MR) is 92.9 cm³/mol. The minimum Gasteiger partial charge on any atom is -0.493 e. The molecule has 1 aliphatic rings. The number of carbonyl (C=O) groups is 1. The number of hydrogen-bond acceptors (Lipinski definition) is 5. The van der Waals surface area contributed by atoms with Gasteiger partial charge in [-0.05, 0) is 31.9 Å². The molecule has 0 spiro atoms. The minimum absolute atomic E-state index is 0.192. The molecular formula is C19H24N2O4. The van der Waals surface area contributed by atoms with Crippen molar-refractivity contribution in [2.75, 3.05) is 7.11 Å². The summed E-state index contributed by atoms with van der Waals surface area (Å²) in [7, 11) is 1.59. The second-order valence-corrected chi connectivity index (χ2v) is 6.31. The Morgan fingerprint density at radius 1 is 1.24 bits per heavy atom. The molecule has 0 unspecified atom stereocenters. The van der Waals surface area contributed by atoms with Gasteiger partial charge in [-0.15, -0.1) is 0 Å². The van der Waals surface area contributed by atoms with E-state index >= 15 is 0 Å². The van der Waals surface area contributed by atoms with E-state index in [1.165, 1.54) is 6.42 Å². The molecule has 25 heavy (non-hydrogen) atoms. The zero-order valence-corrected chi connectivity index (χ0v) is 14.7. The zero-order chi connectivity index (χ0) is 17.6. The van der Waals surface area contributed by atoms with E-state index in [2.05, 4.69) is 10.5 Å². The molecule has 1 fully saturated rings. The number of para-hydroxylation sites is 2. The van der Waals surface area contributed by atoms with Gasteiger partial charge < -0.3 is 19.3 Å². The molecular weight excluding hydrogens is 320 g/mol. The summed E-state index contributed by atoms with van der Waals surface area (Å²) >= 11 is 0. The van der Waals surface area contributed by atoms with E-state index < -0.39 is 0 Å². The van der Waals surface area contributed by atoms with Gasteiger partial charge in [0.05, 0.1) is 12.7 Å². The van der Waals surface area contributed by atoms with Crippen molar-refractivity contribution in [2.24, 2.45) is 0 Å². The third kappa shape index (κ3) is 4.13. The highest BCUT2D eigenvalue weighted by molar-refractivity contribution is 5.94. The van der Waals surface area contributed by atoms with Crippen molar-refractivity contribution in [3.8, 4) is 11.5 Å². The van der Waals surface area contributed by atoms with Crippen LogP contribution in [0.3, 0.4) is 0 Å². The highest BCUT2D eigenvalue weighted by atomic mass is 16.5. The fourth-order valence-electron chi connectivity index (χ4n) is 3.13. The van der Waals surface area contributed by atoms with Crippen LogP contribution in [0, 0.1) is 6.92 Å². The molecule has 0 bridgehead atoms. The number of benzene rings is 1. The van der Waals surface area contributed by atoms with E-state index in [0.29, 0.717) is 28.5 Å². The quantitative estimate of drug-likeness (QED) is 0.866. The van der Waals surface area contributed by atoms with E-state index in [4.69, 9.17) is 14.0 Å². The molecule has 0 aliphatic heterocycles. The van der Waals surface area contributed by atoms with Crippen LogP contribution in [0.15, 0.2) is 28.8 Å². The third-order valence-electron chi connectivity index (χ3n) is 4.58. The Hall–Kier alpha value is -2.50. The summed E-state index contributed by atoms with van der Waals surface area (Å²) in [6.07, 6.45) is 5.61. The van der Waals surface area contributed by atoms with Crippen LogP contribution >= 0.6 is 0 Å². The molecule has 1 saturated carbocycles. The Labute approximate surface area is 147 Å². The van der Waals surface area contributed by atoms with Gasteiger partial charge >= 0.3 is 0 Å². The summed E-state index contributed by atoms with van der Waals surface area (Å²) in [6.45, 7) is 1.98. The van der Waals surface area contributed by atoms with Crippen molar-refractivity contribution in [3.05, 3.63) is 41.3 Å². The summed E-state index contributed by atoms with van der Waals surface area (Å²) in [5.74, 6) is 1.65. The summed E-state index contributed by atoms with van der Waals surface area (Å²) < 4.78 is 16.3. The van der Waals surface area contributed by atoms with E-state index in [1.807, 2.05) is 24.3 Å². The highest BCUT2D eigenvalue weighted by Gasteiger charge is 2.23. The van der Waals surface area contributed by atoms with Gasteiger partial charge in [0.2, 0.25) is 0 Å². The summed E-state index contributed by atoms with van der Waals surface area (Å²) in [6, 6.07) is 7.62. The maximum atomic E-state index is 12.6. The SMILES string of the molecule is COc1ccccc1OCc1c(C(=O)NC2CCCCC2)noc1C. The van der Waals surface area contributed by atoms with Gasteiger partial charge in [-0.2, -0.15) is 0 Å². The van der Waals surface area contributed by atoms with Crippen molar-refractivity contribution < 1.29 is 18.8 Å². The first-order valence-corrected chi connectivity index (χ1v) is 8.71. The number of hydrogen-bond donors (Lipinski definition) is 1. The van der Waals surface area contributed by atoms with E-state index in [1.54, 1.807) is 14.0 Å². The van der Waals surface area contributed by atoms with Crippen LogP contribution < -0.4 is 14.8 Å². The van der Waals surface area contributed by atoms with Crippen molar-refractivity contribution in [1.29, 1.82) is 0 Å². The van der Waals surface area contributed by atoms with Crippen LogP contribution in [0.2, 0.25) is 0 Å². The third-order valence-corrected chi connectivity index (χ3v) is 4.58. The number of carbonyl (C=O) groups excluding carboxylic acids is 1. The monoisotopic (exact) mass is 344 g/mol. The molecule has 6 heteroatoms. The molecule has 1 amide bonds. The summed E-state index contributed by atoms with van der Waals surface area (Å²) in [4.78, 5) is 12.6. The Morgan fingerprint density at radius 2 is 1.96 bits per heavy atom. The standard InChI is InChI=1S/C19H24N2O4/c1-13-15(12-24-17-11-7-6-10-16(17)23-2)18(21-25-13)19(22)20-14-8-4-3-5-9-14/h6-7,10-11,14H,3-5,8-9,12H2,1-2H3,(H,20,22). The number of nitrogens with zero attached hydrogens (tertiary/aromatic N) is 1. The molecule has 1 aromatic carbocycles. The van der Waals surface area contributed by atoms with Crippen LogP contribution in [-0.4, -0.2) is 24.2 Å². The van der Waals surface area contributed by atoms with E-state index in [0.717, 1.165) is 25.7 Å². The maximum Gasteiger partial charge on any atom is 0.274 e. The second-order valence-electron chi connectivity index (χ2n) is 6.31. The summed E-state index contributed by atoms with van der Waals surface area (Å²) in [5.41, 5.74) is 0.970. The number of aryl methyl sites for hydroxylation is 1. The van der Waals surface area contributed by atoms with Gasteiger partial charge in [-0.25, -0.2) is 0 Å². The van der Waals surface area contributed by atoms with Crippen molar-refractivity contribution >= 4 is 5.91 Å². The number of rotatable bonds is 6. The topological polar surface area (TPSA) is 73.6 Å². The zero-order valence-electron chi connectivity index (χ0n) is 14.7. The van der Waals surface area contributed by atoms with Crippen LogP contribution in [0.5, 0.6) is 11.5 Å². The average Bonchev–Trinajstić information content (AvgIpc) is 3.01. The van der Waals surface area contributed by atoms with Gasteiger partial charge in [-0.3, -0.25) is 4.79 Å². The van der Waals surface area contributed by atoms with E-state index in [-0.39, 0.29) is 18.6 Å². The lowest BCUT2D eigenvalue weighted by Gasteiger charge is -2.22. The Bertz CT molecular complexity index is 720.